The Morgan fingerprint density at radius 1 is 1.19 bits per heavy atom. The predicted octanol–water partition coefficient (Wildman–Crippen LogP) is 2.22. The summed E-state index contributed by atoms with van der Waals surface area (Å²) in [4.78, 5) is 11.6. The van der Waals surface area contributed by atoms with Crippen molar-refractivity contribution in [2.75, 3.05) is 13.2 Å². The van der Waals surface area contributed by atoms with E-state index < -0.39 is 0 Å². The molecule has 6 heteroatoms. The fourth-order valence-corrected chi connectivity index (χ4v) is 2.07. The van der Waals surface area contributed by atoms with Crippen molar-refractivity contribution in [3.63, 3.8) is 0 Å². The first kappa shape index (κ1) is 15.3. The topological polar surface area (TPSA) is 59.6 Å². The monoisotopic (exact) mass is 306 g/mol. The van der Waals surface area contributed by atoms with Crippen LogP contribution in [0.4, 0.5) is 0 Å². The summed E-state index contributed by atoms with van der Waals surface area (Å²) >= 11 is 4.90. The fraction of sp³-hybridized carbons (Fsp3) is 0.333. The van der Waals surface area contributed by atoms with Crippen molar-refractivity contribution in [2.45, 2.75) is 20.3 Å². The van der Waals surface area contributed by atoms with E-state index in [4.69, 9.17) is 21.7 Å². The normalized spacial score (nSPS) is 15.8. The van der Waals surface area contributed by atoms with E-state index in [9.17, 15) is 4.79 Å². The number of benzene rings is 1. The van der Waals surface area contributed by atoms with Crippen LogP contribution in [-0.2, 0) is 4.79 Å². The average Bonchev–Trinajstić information content (AvgIpc) is 2.76. The predicted molar refractivity (Wildman–Crippen MR) is 85.3 cm³/mol. The lowest BCUT2D eigenvalue weighted by Gasteiger charge is -2.12. The zero-order chi connectivity index (χ0) is 15.2. The Balaban J connectivity index is 2.25. The smallest absolute Gasteiger partial charge is 0.273 e. The maximum Gasteiger partial charge on any atom is 0.273 e. The Labute approximate surface area is 129 Å². The van der Waals surface area contributed by atoms with E-state index in [1.165, 1.54) is 0 Å². The average molecular weight is 306 g/mol. The molecule has 1 aliphatic rings. The Bertz CT molecular complexity index is 584. The van der Waals surface area contributed by atoms with Gasteiger partial charge < -0.3 is 14.8 Å². The number of hydrogen-bond acceptors (Lipinski definition) is 4. The summed E-state index contributed by atoms with van der Waals surface area (Å²) in [6, 6.07) is 5.56. The van der Waals surface area contributed by atoms with Crippen molar-refractivity contribution in [3.8, 4) is 11.5 Å². The highest BCUT2D eigenvalue weighted by molar-refractivity contribution is 7.80. The van der Waals surface area contributed by atoms with Gasteiger partial charge in [-0.25, -0.2) is 0 Å². The van der Waals surface area contributed by atoms with Gasteiger partial charge in [0.1, 0.15) is 5.70 Å². The van der Waals surface area contributed by atoms with Gasteiger partial charge in [-0.1, -0.05) is 13.0 Å². The first-order valence-corrected chi connectivity index (χ1v) is 7.28. The van der Waals surface area contributed by atoms with Crippen LogP contribution in [0.25, 0.3) is 6.08 Å². The standard InChI is InChI=1S/C15H18N2O3S/c1-3-7-20-12-6-5-10(9-13(12)19-4-2)8-11-14(18)17-15(21)16-11/h5-6,8-9H,3-4,7H2,1-2H3,(H2,16,17,18,21)/b11-8-. The fourth-order valence-electron chi connectivity index (χ4n) is 1.86. The molecule has 1 aromatic rings. The summed E-state index contributed by atoms with van der Waals surface area (Å²) in [5.74, 6) is 1.14. The number of amides is 1. The van der Waals surface area contributed by atoms with Crippen LogP contribution in [0.5, 0.6) is 11.5 Å². The lowest BCUT2D eigenvalue weighted by atomic mass is 10.1. The summed E-state index contributed by atoms with van der Waals surface area (Å²) in [7, 11) is 0. The summed E-state index contributed by atoms with van der Waals surface area (Å²) in [5, 5.41) is 5.65. The van der Waals surface area contributed by atoms with Crippen molar-refractivity contribution in [1.29, 1.82) is 0 Å². The van der Waals surface area contributed by atoms with E-state index in [0.29, 0.717) is 35.5 Å². The van der Waals surface area contributed by atoms with Gasteiger partial charge in [0.05, 0.1) is 13.2 Å². The Morgan fingerprint density at radius 2 is 2.00 bits per heavy atom. The Kier molecular flexibility index (Phi) is 5.16. The quantitative estimate of drug-likeness (QED) is 0.623. The van der Waals surface area contributed by atoms with Gasteiger partial charge in [0, 0.05) is 0 Å². The van der Waals surface area contributed by atoms with Gasteiger partial charge in [0.25, 0.3) is 5.91 Å². The van der Waals surface area contributed by atoms with Crippen LogP contribution in [-0.4, -0.2) is 24.2 Å². The highest BCUT2D eigenvalue weighted by Crippen LogP contribution is 2.29. The van der Waals surface area contributed by atoms with Gasteiger partial charge in [-0.3, -0.25) is 10.1 Å². The third kappa shape index (κ3) is 3.95. The van der Waals surface area contributed by atoms with E-state index in [0.717, 1.165) is 12.0 Å². The zero-order valence-corrected chi connectivity index (χ0v) is 12.9. The Morgan fingerprint density at radius 3 is 2.62 bits per heavy atom. The molecule has 0 aliphatic carbocycles. The minimum absolute atomic E-state index is 0.232. The van der Waals surface area contributed by atoms with E-state index >= 15 is 0 Å². The lowest BCUT2D eigenvalue weighted by Crippen LogP contribution is -2.21. The highest BCUT2D eigenvalue weighted by atomic mass is 32.1. The molecule has 2 rings (SSSR count). The second-order valence-corrected chi connectivity index (χ2v) is 4.86. The molecule has 2 N–H and O–H groups in total. The molecule has 0 bridgehead atoms. The molecular formula is C15H18N2O3S. The molecule has 0 saturated carbocycles. The van der Waals surface area contributed by atoms with Crippen LogP contribution < -0.4 is 20.1 Å². The summed E-state index contributed by atoms with van der Waals surface area (Å²) in [5.41, 5.74) is 1.26. The summed E-state index contributed by atoms with van der Waals surface area (Å²) in [6.45, 7) is 5.15. The molecule has 0 aromatic heterocycles. The number of ether oxygens (including phenoxy) is 2. The minimum atomic E-state index is -0.232. The lowest BCUT2D eigenvalue weighted by molar-refractivity contribution is -0.115. The zero-order valence-electron chi connectivity index (χ0n) is 12.1. The van der Waals surface area contributed by atoms with Crippen molar-refractivity contribution < 1.29 is 14.3 Å². The molecule has 0 spiro atoms. The number of rotatable bonds is 6. The van der Waals surface area contributed by atoms with Gasteiger partial charge in [0.2, 0.25) is 0 Å². The molecule has 1 aromatic carbocycles. The molecule has 1 fully saturated rings. The van der Waals surface area contributed by atoms with Gasteiger partial charge in [0.15, 0.2) is 16.6 Å². The third-order valence-corrected chi connectivity index (χ3v) is 2.96. The third-order valence-electron chi connectivity index (χ3n) is 2.76. The minimum Gasteiger partial charge on any atom is -0.490 e. The SMILES string of the molecule is CCCOc1ccc(/C=C2\NC(=S)NC2=O)cc1OCC. The maximum absolute atomic E-state index is 11.6. The second kappa shape index (κ2) is 7.08. The molecule has 1 aliphatic heterocycles. The highest BCUT2D eigenvalue weighted by Gasteiger charge is 2.20. The second-order valence-electron chi connectivity index (χ2n) is 4.45. The molecule has 1 saturated heterocycles. The van der Waals surface area contributed by atoms with Crippen molar-refractivity contribution >= 4 is 29.3 Å². The van der Waals surface area contributed by atoms with Crippen molar-refractivity contribution in [1.82, 2.24) is 10.6 Å². The number of nitrogens with one attached hydrogen (secondary N) is 2. The summed E-state index contributed by atoms with van der Waals surface area (Å²) < 4.78 is 11.2. The molecule has 5 nitrogen and oxygen atoms in total. The first-order valence-electron chi connectivity index (χ1n) is 6.87. The number of carbonyl (C=O) groups excluding carboxylic acids is 1. The Hall–Kier alpha value is -2.08. The van der Waals surface area contributed by atoms with Crippen molar-refractivity contribution in [2.24, 2.45) is 0 Å². The van der Waals surface area contributed by atoms with Crippen molar-refractivity contribution in [3.05, 3.63) is 29.5 Å². The number of thiocarbonyl (C=S) groups is 1. The molecule has 21 heavy (non-hydrogen) atoms. The van der Waals surface area contributed by atoms with Gasteiger partial charge in [-0.05, 0) is 49.3 Å². The van der Waals surface area contributed by atoms with Crippen LogP contribution in [0, 0.1) is 0 Å². The van der Waals surface area contributed by atoms with Crippen LogP contribution >= 0.6 is 12.2 Å². The maximum atomic E-state index is 11.6. The van der Waals surface area contributed by atoms with Crippen LogP contribution in [0.15, 0.2) is 23.9 Å². The van der Waals surface area contributed by atoms with E-state index in [1.54, 1.807) is 6.08 Å². The van der Waals surface area contributed by atoms with Crippen LogP contribution in [0.3, 0.4) is 0 Å². The first-order chi connectivity index (χ1) is 10.1. The molecule has 0 atom stereocenters. The van der Waals surface area contributed by atoms with E-state index in [-0.39, 0.29) is 5.91 Å². The molecule has 1 amide bonds. The van der Waals surface area contributed by atoms with Crippen LogP contribution in [0.1, 0.15) is 25.8 Å². The van der Waals surface area contributed by atoms with Crippen LogP contribution in [0.2, 0.25) is 0 Å². The van der Waals surface area contributed by atoms with Gasteiger partial charge in [-0.15, -0.1) is 0 Å². The van der Waals surface area contributed by atoms with E-state index in [2.05, 4.69) is 10.6 Å². The number of hydrogen-bond donors (Lipinski definition) is 2. The van der Waals surface area contributed by atoms with Gasteiger partial charge in [-0.2, -0.15) is 0 Å². The summed E-state index contributed by atoms with van der Waals surface area (Å²) in [6.07, 6.45) is 2.65. The molecule has 112 valence electrons. The molecule has 0 unspecified atom stereocenters. The molecular weight excluding hydrogens is 288 g/mol. The largest absolute Gasteiger partial charge is 0.490 e. The number of carbonyl (C=O) groups is 1. The van der Waals surface area contributed by atoms with E-state index in [1.807, 2.05) is 32.0 Å². The molecule has 1 heterocycles. The molecule has 0 radical (unpaired) electrons. The van der Waals surface area contributed by atoms with Gasteiger partial charge >= 0.3 is 0 Å².